The van der Waals surface area contributed by atoms with E-state index in [0.29, 0.717) is 0 Å². The van der Waals surface area contributed by atoms with E-state index in [1.54, 1.807) is 0 Å². The van der Waals surface area contributed by atoms with Gasteiger partial charge in [-0.2, -0.15) is 0 Å². The third-order valence-electron chi connectivity index (χ3n) is 3.18. The standard InChI is InChI=1S/C12H15N3O4/c1-14-6-5-8(7-14)13-12(17)9-3-2-4-10(11(9)16)15(18)19/h2-4,8,16H,5-7H2,1H3,(H,13,17). The summed E-state index contributed by atoms with van der Waals surface area (Å²) in [7, 11) is 1.96. The Morgan fingerprint density at radius 1 is 1.58 bits per heavy atom. The number of nitro groups is 1. The maximum Gasteiger partial charge on any atom is 0.311 e. The fourth-order valence-corrected chi connectivity index (χ4v) is 2.18. The Kier molecular flexibility index (Phi) is 3.66. The number of benzene rings is 1. The molecule has 7 heteroatoms. The number of para-hydroxylation sites is 1. The highest BCUT2D eigenvalue weighted by Gasteiger charge is 2.25. The Morgan fingerprint density at radius 3 is 2.89 bits per heavy atom. The number of carbonyl (C=O) groups excluding carboxylic acids is 1. The molecule has 1 aliphatic heterocycles. The van der Waals surface area contributed by atoms with Gasteiger partial charge in [-0.3, -0.25) is 14.9 Å². The van der Waals surface area contributed by atoms with E-state index in [0.717, 1.165) is 25.6 Å². The summed E-state index contributed by atoms with van der Waals surface area (Å²) >= 11 is 0. The van der Waals surface area contributed by atoms with Crippen LogP contribution in [0.4, 0.5) is 5.69 Å². The Labute approximate surface area is 110 Å². The minimum absolute atomic E-state index is 0.0103. The van der Waals surface area contributed by atoms with Crippen LogP contribution in [-0.4, -0.2) is 47.0 Å². The number of likely N-dealkylation sites (N-methyl/N-ethyl adjacent to an activating group) is 1. The van der Waals surface area contributed by atoms with Gasteiger partial charge < -0.3 is 15.3 Å². The summed E-state index contributed by atoms with van der Waals surface area (Å²) in [6.07, 6.45) is 0.831. The SMILES string of the molecule is CN1CCC(NC(=O)c2cccc([N+](=O)[O-])c2O)C1. The largest absolute Gasteiger partial charge is 0.502 e. The van der Waals surface area contributed by atoms with Crippen LogP contribution < -0.4 is 5.32 Å². The molecule has 2 N–H and O–H groups in total. The van der Waals surface area contributed by atoms with Crippen LogP contribution in [0.5, 0.6) is 5.75 Å². The van der Waals surface area contributed by atoms with Crippen molar-refractivity contribution in [1.82, 2.24) is 10.2 Å². The van der Waals surface area contributed by atoms with Gasteiger partial charge in [0, 0.05) is 18.7 Å². The number of nitrogens with zero attached hydrogens (tertiary/aromatic N) is 2. The molecule has 0 saturated carbocycles. The predicted octanol–water partition coefficient (Wildman–Crippen LogP) is 0.734. The molecule has 1 amide bonds. The topological polar surface area (TPSA) is 95.7 Å². The second kappa shape index (κ2) is 5.23. The lowest BCUT2D eigenvalue weighted by molar-refractivity contribution is -0.385. The van der Waals surface area contributed by atoms with E-state index in [1.165, 1.54) is 12.1 Å². The molecule has 0 aromatic heterocycles. The minimum atomic E-state index is -0.713. The zero-order chi connectivity index (χ0) is 14.0. The number of aromatic hydroxyl groups is 1. The van der Waals surface area contributed by atoms with Crippen LogP contribution in [0, 0.1) is 10.1 Å². The normalized spacial score (nSPS) is 19.3. The fraction of sp³-hybridized carbons (Fsp3) is 0.417. The fourth-order valence-electron chi connectivity index (χ4n) is 2.18. The van der Waals surface area contributed by atoms with Gasteiger partial charge in [-0.25, -0.2) is 0 Å². The van der Waals surface area contributed by atoms with E-state index in [1.807, 2.05) is 7.05 Å². The van der Waals surface area contributed by atoms with Gasteiger partial charge in [0.2, 0.25) is 5.75 Å². The lowest BCUT2D eigenvalue weighted by Gasteiger charge is -2.13. The highest BCUT2D eigenvalue weighted by Crippen LogP contribution is 2.29. The average molecular weight is 265 g/mol. The van der Waals surface area contributed by atoms with E-state index in [4.69, 9.17) is 0 Å². The second-order valence-electron chi connectivity index (χ2n) is 4.65. The highest BCUT2D eigenvalue weighted by atomic mass is 16.6. The van der Waals surface area contributed by atoms with Crippen LogP contribution in [0.1, 0.15) is 16.8 Å². The van der Waals surface area contributed by atoms with Gasteiger partial charge >= 0.3 is 5.69 Å². The third-order valence-corrected chi connectivity index (χ3v) is 3.18. The number of rotatable bonds is 3. The second-order valence-corrected chi connectivity index (χ2v) is 4.65. The molecule has 0 aliphatic carbocycles. The molecule has 1 saturated heterocycles. The lowest BCUT2D eigenvalue weighted by Crippen LogP contribution is -2.36. The Hall–Kier alpha value is -2.15. The van der Waals surface area contributed by atoms with Gasteiger partial charge in [0.25, 0.3) is 5.91 Å². The van der Waals surface area contributed by atoms with Crippen molar-refractivity contribution in [3.8, 4) is 5.75 Å². The van der Waals surface area contributed by atoms with E-state index < -0.39 is 22.3 Å². The molecule has 1 atom stereocenters. The molecule has 1 aromatic carbocycles. The number of nitro benzene ring substituents is 1. The summed E-state index contributed by atoms with van der Waals surface area (Å²) in [5.41, 5.74) is -0.528. The van der Waals surface area contributed by atoms with Crippen molar-refractivity contribution in [3.63, 3.8) is 0 Å². The van der Waals surface area contributed by atoms with E-state index in [2.05, 4.69) is 10.2 Å². The van der Waals surface area contributed by atoms with E-state index in [-0.39, 0.29) is 11.6 Å². The summed E-state index contributed by atoms with van der Waals surface area (Å²) in [4.78, 5) is 24.1. The summed E-state index contributed by atoms with van der Waals surface area (Å²) in [6, 6.07) is 3.93. The molecule has 19 heavy (non-hydrogen) atoms. The molecule has 1 aliphatic rings. The number of nitrogens with one attached hydrogen (secondary N) is 1. The van der Waals surface area contributed by atoms with Crippen molar-refractivity contribution in [3.05, 3.63) is 33.9 Å². The first kappa shape index (κ1) is 13.3. The van der Waals surface area contributed by atoms with E-state index >= 15 is 0 Å². The monoisotopic (exact) mass is 265 g/mol. The number of hydrogen-bond acceptors (Lipinski definition) is 5. The van der Waals surface area contributed by atoms with Gasteiger partial charge in [0.1, 0.15) is 0 Å². The first-order chi connectivity index (χ1) is 8.99. The molecule has 0 spiro atoms. The lowest BCUT2D eigenvalue weighted by atomic mass is 10.1. The smallest absolute Gasteiger partial charge is 0.311 e. The van der Waals surface area contributed by atoms with Crippen LogP contribution >= 0.6 is 0 Å². The van der Waals surface area contributed by atoms with E-state index in [9.17, 15) is 20.0 Å². The molecular weight excluding hydrogens is 250 g/mol. The van der Waals surface area contributed by atoms with Crippen molar-refractivity contribution in [2.24, 2.45) is 0 Å². The van der Waals surface area contributed by atoms with Crippen LogP contribution in [0.2, 0.25) is 0 Å². The molecule has 102 valence electrons. The van der Waals surface area contributed by atoms with Crippen molar-refractivity contribution in [1.29, 1.82) is 0 Å². The Balaban J connectivity index is 2.15. The van der Waals surface area contributed by atoms with Gasteiger partial charge in [0.05, 0.1) is 10.5 Å². The summed E-state index contributed by atoms with van der Waals surface area (Å²) < 4.78 is 0. The minimum Gasteiger partial charge on any atom is -0.502 e. The van der Waals surface area contributed by atoms with Crippen LogP contribution in [0.3, 0.4) is 0 Å². The maximum atomic E-state index is 12.0. The van der Waals surface area contributed by atoms with Gasteiger partial charge in [-0.05, 0) is 26.1 Å². The molecule has 1 fully saturated rings. The molecule has 0 bridgehead atoms. The van der Waals surface area contributed by atoms with Gasteiger partial charge in [0.15, 0.2) is 0 Å². The van der Waals surface area contributed by atoms with Crippen molar-refractivity contribution in [2.75, 3.05) is 20.1 Å². The number of likely N-dealkylation sites (tertiary alicyclic amines) is 1. The number of phenols is 1. The Bertz CT molecular complexity index is 518. The van der Waals surface area contributed by atoms with Crippen LogP contribution in [-0.2, 0) is 0 Å². The quantitative estimate of drug-likeness (QED) is 0.620. The number of carbonyl (C=O) groups is 1. The molecule has 7 nitrogen and oxygen atoms in total. The molecule has 1 heterocycles. The summed E-state index contributed by atoms with van der Waals surface area (Å²) in [5, 5.41) is 23.2. The van der Waals surface area contributed by atoms with Gasteiger partial charge in [-0.15, -0.1) is 0 Å². The average Bonchev–Trinajstić information content (AvgIpc) is 2.74. The first-order valence-electron chi connectivity index (χ1n) is 5.95. The van der Waals surface area contributed by atoms with Gasteiger partial charge in [-0.1, -0.05) is 6.07 Å². The van der Waals surface area contributed by atoms with Crippen LogP contribution in [0.15, 0.2) is 18.2 Å². The molecule has 0 radical (unpaired) electrons. The zero-order valence-corrected chi connectivity index (χ0v) is 10.5. The molecular formula is C12H15N3O4. The number of hydrogen-bond donors (Lipinski definition) is 2. The summed E-state index contributed by atoms with van der Waals surface area (Å²) in [5.74, 6) is -1.07. The third kappa shape index (κ3) is 2.82. The maximum absolute atomic E-state index is 12.0. The predicted molar refractivity (Wildman–Crippen MR) is 68.1 cm³/mol. The summed E-state index contributed by atoms with van der Waals surface area (Å²) in [6.45, 7) is 1.63. The molecule has 1 aromatic rings. The van der Waals surface area contributed by atoms with Crippen molar-refractivity contribution in [2.45, 2.75) is 12.5 Å². The highest BCUT2D eigenvalue weighted by molar-refractivity contribution is 5.98. The Morgan fingerprint density at radius 2 is 2.32 bits per heavy atom. The van der Waals surface area contributed by atoms with Crippen molar-refractivity contribution < 1.29 is 14.8 Å². The number of amides is 1. The van der Waals surface area contributed by atoms with Crippen LogP contribution in [0.25, 0.3) is 0 Å². The molecule has 2 rings (SSSR count). The zero-order valence-electron chi connectivity index (χ0n) is 10.5. The number of phenolic OH excluding ortho intramolecular Hbond substituents is 1. The van der Waals surface area contributed by atoms with Crippen molar-refractivity contribution >= 4 is 11.6 Å². The first-order valence-corrected chi connectivity index (χ1v) is 5.95. The molecule has 1 unspecified atom stereocenters.